The molecule has 2 N–H and O–H groups in total. The number of aromatic amines is 1. The van der Waals surface area contributed by atoms with Crippen molar-refractivity contribution in [2.75, 3.05) is 26.6 Å². The van der Waals surface area contributed by atoms with Crippen molar-refractivity contribution in [3.8, 4) is 17.2 Å². The molecule has 2 aromatic carbocycles. The van der Waals surface area contributed by atoms with E-state index in [0.29, 0.717) is 39.1 Å². The number of aryl methyl sites for hydroxylation is 1. The van der Waals surface area contributed by atoms with E-state index in [2.05, 4.69) is 10.3 Å². The Morgan fingerprint density at radius 1 is 0.969 bits per heavy atom. The van der Waals surface area contributed by atoms with Crippen LogP contribution in [0.1, 0.15) is 31.3 Å². The van der Waals surface area contributed by atoms with Crippen LogP contribution in [-0.2, 0) is 0 Å². The van der Waals surface area contributed by atoms with E-state index < -0.39 is 5.91 Å². The van der Waals surface area contributed by atoms with Crippen molar-refractivity contribution in [3.05, 3.63) is 69.5 Å². The first-order chi connectivity index (χ1) is 15.5. The highest BCUT2D eigenvalue weighted by Crippen LogP contribution is 2.39. The fraction of sp³-hybridized carbons (Fsp3) is 0.167. The summed E-state index contributed by atoms with van der Waals surface area (Å²) in [6, 6.07) is 12.5. The minimum atomic E-state index is -0.411. The lowest BCUT2D eigenvalue weighted by molar-refractivity contribution is 0.102. The van der Waals surface area contributed by atoms with Gasteiger partial charge in [0.2, 0.25) is 11.5 Å². The Morgan fingerprint density at radius 2 is 1.69 bits per heavy atom. The number of carbonyl (C=O) groups excluding carboxylic acids is 2. The van der Waals surface area contributed by atoms with Crippen LogP contribution in [0.4, 0.5) is 5.69 Å². The maximum Gasteiger partial charge on any atom is 0.256 e. The second-order valence-corrected chi connectivity index (χ2v) is 8.05. The summed E-state index contributed by atoms with van der Waals surface area (Å²) < 4.78 is 16.0. The van der Waals surface area contributed by atoms with Crippen molar-refractivity contribution in [1.82, 2.24) is 4.98 Å². The molecule has 0 saturated carbocycles. The van der Waals surface area contributed by atoms with E-state index in [4.69, 9.17) is 14.2 Å². The molecule has 0 aliphatic heterocycles. The molecule has 0 fully saturated rings. The highest BCUT2D eigenvalue weighted by Gasteiger charge is 2.23. The number of nitrogens with one attached hydrogen (secondary N) is 2. The zero-order valence-electron chi connectivity index (χ0n) is 18.1. The molecule has 0 aliphatic carbocycles. The number of ketones is 1. The first-order valence-electron chi connectivity index (χ1n) is 9.78. The first kappa shape index (κ1) is 21.5. The van der Waals surface area contributed by atoms with Gasteiger partial charge in [0.1, 0.15) is 5.69 Å². The monoisotopic (exact) mass is 450 g/mol. The molecule has 1 amide bonds. The van der Waals surface area contributed by atoms with E-state index in [1.54, 1.807) is 18.2 Å². The zero-order chi connectivity index (χ0) is 22.8. The molecule has 0 saturated heterocycles. The molecular weight excluding hydrogens is 428 g/mol. The zero-order valence-corrected chi connectivity index (χ0v) is 18.9. The van der Waals surface area contributed by atoms with E-state index in [9.17, 15) is 9.59 Å². The number of hydrogen-bond donors (Lipinski definition) is 2. The Bertz CT molecular complexity index is 1280. The second kappa shape index (κ2) is 8.76. The minimum Gasteiger partial charge on any atom is -0.493 e. The van der Waals surface area contributed by atoms with E-state index in [0.717, 1.165) is 16.5 Å². The molecule has 8 heteroatoms. The van der Waals surface area contributed by atoms with Gasteiger partial charge in [0.15, 0.2) is 11.5 Å². The van der Waals surface area contributed by atoms with Crippen LogP contribution in [-0.4, -0.2) is 38.0 Å². The van der Waals surface area contributed by atoms with Gasteiger partial charge >= 0.3 is 0 Å². The number of thiophene rings is 1. The highest BCUT2D eigenvalue weighted by molar-refractivity contribution is 7.12. The van der Waals surface area contributed by atoms with Crippen molar-refractivity contribution in [2.24, 2.45) is 0 Å². The van der Waals surface area contributed by atoms with Crippen LogP contribution >= 0.6 is 11.3 Å². The number of aromatic nitrogens is 1. The fourth-order valence-electron chi connectivity index (χ4n) is 3.54. The molecule has 0 spiro atoms. The van der Waals surface area contributed by atoms with E-state index in [-0.39, 0.29) is 5.78 Å². The molecule has 4 aromatic rings. The molecule has 164 valence electrons. The number of fused-ring (bicyclic) bond motifs is 1. The SMILES string of the molecule is COc1cc(C(=O)Nc2c(C(=O)c3cccs3)[nH]c3cc(C)ccc23)cc(OC)c1OC. The molecule has 0 aliphatic rings. The molecule has 2 heterocycles. The maximum absolute atomic E-state index is 13.2. The summed E-state index contributed by atoms with van der Waals surface area (Å²) in [6.07, 6.45) is 0. The van der Waals surface area contributed by atoms with Crippen LogP contribution < -0.4 is 19.5 Å². The van der Waals surface area contributed by atoms with E-state index in [1.165, 1.54) is 32.7 Å². The van der Waals surface area contributed by atoms with Gasteiger partial charge < -0.3 is 24.5 Å². The summed E-state index contributed by atoms with van der Waals surface area (Å²) in [7, 11) is 4.47. The number of hydrogen-bond acceptors (Lipinski definition) is 6. The number of anilines is 1. The topological polar surface area (TPSA) is 89.7 Å². The summed E-state index contributed by atoms with van der Waals surface area (Å²) in [5.41, 5.74) is 2.86. The normalized spacial score (nSPS) is 10.8. The molecule has 4 rings (SSSR count). The first-order valence-corrected chi connectivity index (χ1v) is 10.7. The maximum atomic E-state index is 13.2. The third-order valence-corrected chi connectivity index (χ3v) is 5.96. The molecular formula is C24H22N2O5S. The van der Waals surface area contributed by atoms with Gasteiger partial charge in [0, 0.05) is 16.5 Å². The number of carbonyl (C=O) groups is 2. The average Bonchev–Trinajstić information content (AvgIpc) is 3.46. The van der Waals surface area contributed by atoms with E-state index >= 15 is 0 Å². The highest BCUT2D eigenvalue weighted by atomic mass is 32.1. The molecule has 7 nitrogen and oxygen atoms in total. The van der Waals surface area contributed by atoms with Gasteiger partial charge in [-0.1, -0.05) is 18.2 Å². The number of ether oxygens (including phenoxy) is 3. The Hall–Kier alpha value is -3.78. The van der Waals surface area contributed by atoms with Crippen LogP contribution in [0.25, 0.3) is 10.9 Å². The third-order valence-electron chi connectivity index (χ3n) is 5.09. The van der Waals surface area contributed by atoms with Crippen LogP contribution in [0.15, 0.2) is 47.8 Å². The lowest BCUT2D eigenvalue weighted by atomic mass is 10.1. The van der Waals surface area contributed by atoms with Crippen LogP contribution in [0.3, 0.4) is 0 Å². The summed E-state index contributed by atoms with van der Waals surface area (Å²) in [4.78, 5) is 30.2. The smallest absolute Gasteiger partial charge is 0.256 e. The van der Waals surface area contributed by atoms with Gasteiger partial charge in [-0.05, 0) is 42.1 Å². The number of benzene rings is 2. The molecule has 0 unspecified atom stereocenters. The summed E-state index contributed by atoms with van der Waals surface area (Å²) in [6.45, 7) is 1.97. The van der Waals surface area contributed by atoms with Gasteiger partial charge in [-0.15, -0.1) is 11.3 Å². The van der Waals surface area contributed by atoms with Crippen LogP contribution in [0.2, 0.25) is 0 Å². The summed E-state index contributed by atoms with van der Waals surface area (Å²) >= 11 is 1.35. The fourth-order valence-corrected chi connectivity index (χ4v) is 4.21. The van der Waals surface area contributed by atoms with Gasteiger partial charge in [0.25, 0.3) is 5.91 Å². The molecule has 0 bridgehead atoms. The van der Waals surface area contributed by atoms with E-state index in [1.807, 2.05) is 36.6 Å². The quantitative estimate of drug-likeness (QED) is 0.385. The molecule has 0 radical (unpaired) electrons. The molecule has 0 atom stereocenters. The number of rotatable bonds is 7. The van der Waals surface area contributed by atoms with Gasteiger partial charge in [-0.25, -0.2) is 0 Å². The van der Waals surface area contributed by atoms with Crippen LogP contribution in [0.5, 0.6) is 17.2 Å². The Kier molecular flexibility index (Phi) is 5.87. The lowest BCUT2D eigenvalue weighted by Crippen LogP contribution is -2.15. The number of amides is 1. The Balaban J connectivity index is 1.79. The average molecular weight is 451 g/mol. The predicted octanol–water partition coefficient (Wildman–Crippen LogP) is 5.05. The Labute approximate surface area is 188 Å². The Morgan fingerprint density at radius 3 is 2.28 bits per heavy atom. The minimum absolute atomic E-state index is 0.186. The largest absolute Gasteiger partial charge is 0.493 e. The second-order valence-electron chi connectivity index (χ2n) is 7.10. The van der Waals surface area contributed by atoms with Crippen LogP contribution in [0, 0.1) is 6.92 Å². The molecule has 2 aromatic heterocycles. The summed E-state index contributed by atoms with van der Waals surface area (Å²) in [5, 5.41) is 5.50. The van der Waals surface area contributed by atoms with Gasteiger partial charge in [0.05, 0.1) is 31.9 Å². The summed E-state index contributed by atoms with van der Waals surface area (Å²) in [5.74, 6) is 0.519. The third kappa shape index (κ3) is 3.80. The van der Waals surface area contributed by atoms with Crippen molar-refractivity contribution in [1.29, 1.82) is 0 Å². The number of methoxy groups -OCH3 is 3. The van der Waals surface area contributed by atoms with Crippen molar-refractivity contribution >= 4 is 39.6 Å². The standard InChI is InChI=1S/C24H22N2O5S/c1-13-7-8-15-16(10-13)25-21(22(27)19-6-5-9-32-19)20(15)26-24(28)14-11-17(29-2)23(31-4)18(12-14)30-3/h5-12,25H,1-4H3,(H,26,28). The van der Waals surface area contributed by atoms with Crippen molar-refractivity contribution in [3.63, 3.8) is 0 Å². The van der Waals surface area contributed by atoms with Gasteiger partial charge in [-0.2, -0.15) is 0 Å². The number of H-pyrrole nitrogens is 1. The van der Waals surface area contributed by atoms with Crippen molar-refractivity contribution < 1.29 is 23.8 Å². The predicted molar refractivity (Wildman–Crippen MR) is 125 cm³/mol. The van der Waals surface area contributed by atoms with Gasteiger partial charge in [-0.3, -0.25) is 9.59 Å². The molecule has 32 heavy (non-hydrogen) atoms. The lowest BCUT2D eigenvalue weighted by Gasteiger charge is -2.14. The van der Waals surface area contributed by atoms with Crippen molar-refractivity contribution in [2.45, 2.75) is 6.92 Å².